The molecule has 2 bridgehead atoms. The highest BCUT2D eigenvalue weighted by molar-refractivity contribution is 7.17. The predicted octanol–water partition coefficient (Wildman–Crippen LogP) is 1.75. The zero-order chi connectivity index (χ0) is 13.7. The average molecular weight is 288 g/mol. The Morgan fingerprint density at radius 2 is 2.20 bits per heavy atom. The standard InChI is InChI=1S/C14H16N4OS/c1-17-10-3-2-9(14(17)19)6-18(7-10)13-12-11(4-5-20-12)15-8-16-13/h4-5,8-10H,2-3,6-7H2,1H3/t9-,10+/m0/s1. The van der Waals surface area contributed by atoms with Crippen LogP contribution in [0.1, 0.15) is 12.8 Å². The summed E-state index contributed by atoms with van der Waals surface area (Å²) in [6, 6.07) is 2.33. The Balaban J connectivity index is 1.76. The third-order valence-corrected chi connectivity index (χ3v) is 5.39. The molecule has 20 heavy (non-hydrogen) atoms. The minimum Gasteiger partial charge on any atom is -0.352 e. The van der Waals surface area contributed by atoms with E-state index in [1.165, 1.54) is 0 Å². The highest BCUT2D eigenvalue weighted by Gasteiger charge is 2.39. The highest BCUT2D eigenvalue weighted by Crippen LogP contribution is 2.34. The summed E-state index contributed by atoms with van der Waals surface area (Å²) in [7, 11) is 1.93. The number of rotatable bonds is 1. The van der Waals surface area contributed by atoms with E-state index in [4.69, 9.17) is 0 Å². The Labute approximate surface area is 121 Å². The van der Waals surface area contributed by atoms with Crippen molar-refractivity contribution in [2.24, 2.45) is 5.92 Å². The van der Waals surface area contributed by atoms with Gasteiger partial charge in [-0.3, -0.25) is 4.79 Å². The van der Waals surface area contributed by atoms with Crippen LogP contribution in [0.25, 0.3) is 10.2 Å². The topological polar surface area (TPSA) is 49.3 Å². The number of nitrogens with zero attached hydrogens (tertiary/aromatic N) is 4. The van der Waals surface area contributed by atoms with Crippen LogP contribution >= 0.6 is 11.3 Å². The lowest BCUT2D eigenvalue weighted by atomic mass is 9.95. The normalized spacial score (nSPS) is 26.4. The summed E-state index contributed by atoms with van der Waals surface area (Å²) in [6.45, 7) is 1.66. The zero-order valence-corrected chi connectivity index (χ0v) is 12.1. The summed E-state index contributed by atoms with van der Waals surface area (Å²) < 4.78 is 1.13. The van der Waals surface area contributed by atoms with Crippen molar-refractivity contribution in [2.45, 2.75) is 18.9 Å². The minimum absolute atomic E-state index is 0.115. The van der Waals surface area contributed by atoms with E-state index in [2.05, 4.69) is 14.9 Å². The van der Waals surface area contributed by atoms with Gasteiger partial charge in [-0.1, -0.05) is 0 Å². The van der Waals surface area contributed by atoms with Crippen LogP contribution in [0.5, 0.6) is 0 Å². The molecule has 2 atom stereocenters. The molecule has 104 valence electrons. The summed E-state index contributed by atoms with van der Waals surface area (Å²) >= 11 is 1.67. The van der Waals surface area contributed by atoms with Gasteiger partial charge in [-0.25, -0.2) is 9.97 Å². The number of anilines is 1. The quantitative estimate of drug-likeness (QED) is 0.802. The molecule has 0 spiro atoms. The van der Waals surface area contributed by atoms with E-state index in [1.807, 2.05) is 23.4 Å². The van der Waals surface area contributed by atoms with E-state index in [0.717, 1.165) is 42.0 Å². The minimum atomic E-state index is 0.115. The summed E-state index contributed by atoms with van der Waals surface area (Å²) in [4.78, 5) is 25.3. The second-order valence-corrected chi connectivity index (χ2v) is 6.53. The van der Waals surface area contributed by atoms with Gasteiger partial charge >= 0.3 is 0 Å². The van der Waals surface area contributed by atoms with Crippen molar-refractivity contribution in [1.82, 2.24) is 14.9 Å². The van der Waals surface area contributed by atoms with Gasteiger partial charge < -0.3 is 9.80 Å². The molecule has 0 saturated carbocycles. The molecule has 0 radical (unpaired) electrons. The molecule has 3 fully saturated rings. The van der Waals surface area contributed by atoms with Crippen molar-refractivity contribution in [1.29, 1.82) is 0 Å². The molecule has 5 rings (SSSR count). The molecule has 3 aliphatic heterocycles. The van der Waals surface area contributed by atoms with Crippen LogP contribution in [-0.2, 0) is 4.79 Å². The van der Waals surface area contributed by atoms with Gasteiger partial charge in [0, 0.05) is 26.2 Å². The molecule has 5 heterocycles. The number of hydrogen-bond acceptors (Lipinski definition) is 5. The van der Waals surface area contributed by atoms with Gasteiger partial charge in [-0.05, 0) is 24.3 Å². The molecule has 6 heteroatoms. The maximum atomic E-state index is 12.3. The smallest absolute Gasteiger partial charge is 0.227 e. The molecule has 3 saturated heterocycles. The molecule has 5 nitrogen and oxygen atoms in total. The predicted molar refractivity (Wildman–Crippen MR) is 78.9 cm³/mol. The number of carbonyl (C=O) groups is 1. The Kier molecular flexibility index (Phi) is 2.66. The lowest BCUT2D eigenvalue weighted by molar-refractivity contribution is -0.138. The second-order valence-electron chi connectivity index (χ2n) is 5.61. The van der Waals surface area contributed by atoms with E-state index >= 15 is 0 Å². The van der Waals surface area contributed by atoms with E-state index in [9.17, 15) is 4.79 Å². The number of likely N-dealkylation sites (N-methyl/N-ethyl adjacent to an activating group) is 1. The molecular formula is C14H16N4OS. The number of amides is 1. The van der Waals surface area contributed by atoms with Crippen LogP contribution in [0, 0.1) is 5.92 Å². The lowest BCUT2D eigenvalue weighted by Crippen LogP contribution is -2.45. The van der Waals surface area contributed by atoms with E-state index < -0.39 is 0 Å². The maximum absolute atomic E-state index is 12.3. The number of fused-ring (bicyclic) bond motifs is 5. The van der Waals surface area contributed by atoms with Gasteiger partial charge in [0.1, 0.15) is 12.1 Å². The molecule has 0 aromatic carbocycles. The fourth-order valence-electron chi connectivity index (χ4n) is 3.33. The molecule has 0 N–H and O–H groups in total. The van der Waals surface area contributed by atoms with E-state index in [1.54, 1.807) is 17.7 Å². The van der Waals surface area contributed by atoms with Gasteiger partial charge in [0.15, 0.2) is 0 Å². The Hall–Kier alpha value is -1.69. The van der Waals surface area contributed by atoms with Crippen molar-refractivity contribution in [3.05, 3.63) is 17.8 Å². The van der Waals surface area contributed by atoms with Crippen molar-refractivity contribution < 1.29 is 4.79 Å². The number of carbonyl (C=O) groups excluding carboxylic acids is 1. The van der Waals surface area contributed by atoms with E-state index in [0.29, 0.717) is 11.9 Å². The fourth-order valence-corrected chi connectivity index (χ4v) is 4.19. The van der Waals surface area contributed by atoms with E-state index in [-0.39, 0.29) is 5.92 Å². The largest absolute Gasteiger partial charge is 0.352 e. The van der Waals surface area contributed by atoms with Crippen LogP contribution in [0.2, 0.25) is 0 Å². The second kappa shape index (κ2) is 4.41. The zero-order valence-electron chi connectivity index (χ0n) is 11.3. The monoisotopic (exact) mass is 288 g/mol. The molecule has 3 aliphatic rings. The highest BCUT2D eigenvalue weighted by atomic mass is 32.1. The van der Waals surface area contributed by atoms with Crippen LogP contribution < -0.4 is 4.90 Å². The third-order valence-electron chi connectivity index (χ3n) is 4.49. The summed E-state index contributed by atoms with van der Waals surface area (Å²) in [5, 5.41) is 2.05. The summed E-state index contributed by atoms with van der Waals surface area (Å²) in [5.74, 6) is 1.40. The Bertz CT molecular complexity index is 670. The first-order valence-electron chi connectivity index (χ1n) is 6.94. The maximum Gasteiger partial charge on any atom is 0.227 e. The van der Waals surface area contributed by atoms with Gasteiger partial charge in [-0.15, -0.1) is 11.3 Å². The summed E-state index contributed by atoms with van der Waals surface area (Å²) in [6.07, 6.45) is 3.73. The molecule has 1 amide bonds. The van der Waals surface area contributed by atoms with Crippen molar-refractivity contribution >= 4 is 33.3 Å². The van der Waals surface area contributed by atoms with Gasteiger partial charge in [0.2, 0.25) is 5.91 Å². The van der Waals surface area contributed by atoms with Crippen LogP contribution in [0.3, 0.4) is 0 Å². The number of piperidine rings is 1. The van der Waals surface area contributed by atoms with Crippen LogP contribution in [-0.4, -0.2) is 47.0 Å². The fraction of sp³-hybridized carbons (Fsp3) is 0.500. The van der Waals surface area contributed by atoms with Gasteiger partial charge in [0.05, 0.1) is 16.1 Å². The average Bonchev–Trinajstić information content (AvgIpc) is 2.79. The van der Waals surface area contributed by atoms with Crippen molar-refractivity contribution in [3.63, 3.8) is 0 Å². The third kappa shape index (κ3) is 1.71. The molecule has 2 aromatic heterocycles. The molecular weight excluding hydrogens is 272 g/mol. The van der Waals surface area contributed by atoms with Crippen LogP contribution in [0.15, 0.2) is 17.8 Å². The van der Waals surface area contributed by atoms with Crippen molar-refractivity contribution in [2.75, 3.05) is 25.0 Å². The Morgan fingerprint density at radius 3 is 3.10 bits per heavy atom. The first kappa shape index (κ1) is 12.1. The molecule has 0 unspecified atom stereocenters. The number of aromatic nitrogens is 2. The number of thiophene rings is 1. The molecule has 0 aliphatic carbocycles. The summed E-state index contributed by atoms with van der Waals surface area (Å²) in [5.41, 5.74) is 0.997. The molecule has 2 aromatic rings. The lowest BCUT2D eigenvalue weighted by Gasteiger charge is -2.32. The Morgan fingerprint density at radius 1 is 1.30 bits per heavy atom. The van der Waals surface area contributed by atoms with Crippen LogP contribution in [0.4, 0.5) is 5.82 Å². The SMILES string of the molecule is CN1C(=O)[C@H]2CC[C@@H]1CN(c1ncnc3ccsc13)C2. The van der Waals surface area contributed by atoms with Gasteiger partial charge in [0.25, 0.3) is 0 Å². The number of hydrogen-bond donors (Lipinski definition) is 0. The van der Waals surface area contributed by atoms with Gasteiger partial charge in [-0.2, -0.15) is 0 Å². The van der Waals surface area contributed by atoms with Crippen molar-refractivity contribution in [3.8, 4) is 0 Å². The first-order valence-corrected chi connectivity index (χ1v) is 7.82. The first-order chi connectivity index (χ1) is 9.74.